The first-order valence-corrected chi connectivity index (χ1v) is 8.98. The molecule has 0 saturated carbocycles. The molecule has 0 bridgehead atoms. The first-order valence-electron chi connectivity index (χ1n) is 7.50. The van der Waals surface area contributed by atoms with E-state index < -0.39 is 21.8 Å². The van der Waals surface area contributed by atoms with Crippen LogP contribution in [0.25, 0.3) is 0 Å². The van der Waals surface area contributed by atoms with Crippen LogP contribution >= 0.6 is 0 Å². The minimum absolute atomic E-state index is 0.0477. The average Bonchev–Trinajstić information content (AvgIpc) is 2.58. The van der Waals surface area contributed by atoms with E-state index in [1.807, 2.05) is 0 Å². The van der Waals surface area contributed by atoms with Crippen molar-refractivity contribution in [3.05, 3.63) is 59.7 Å². The van der Waals surface area contributed by atoms with Crippen molar-refractivity contribution in [1.82, 2.24) is 0 Å². The summed E-state index contributed by atoms with van der Waals surface area (Å²) >= 11 is 0. The number of hydrogen-bond donors (Lipinski definition) is 0. The molecule has 25 heavy (non-hydrogen) atoms. The van der Waals surface area contributed by atoms with Gasteiger partial charge < -0.3 is 9.47 Å². The van der Waals surface area contributed by atoms with E-state index in [1.54, 1.807) is 36.4 Å². The number of esters is 2. The average molecular weight is 362 g/mol. The minimum atomic E-state index is -3.88. The van der Waals surface area contributed by atoms with Crippen molar-refractivity contribution in [3.8, 4) is 0 Å². The Morgan fingerprint density at radius 2 is 1.12 bits per heavy atom. The van der Waals surface area contributed by atoms with Crippen molar-refractivity contribution in [2.75, 3.05) is 0 Å². The third-order valence-corrected chi connectivity index (χ3v) is 5.34. The zero-order valence-corrected chi connectivity index (χ0v) is 14.7. The van der Waals surface area contributed by atoms with Gasteiger partial charge in [0.25, 0.3) is 0 Å². The molecule has 2 aromatic carbocycles. The Hall–Kier alpha value is -2.67. The summed E-state index contributed by atoms with van der Waals surface area (Å²) in [7, 11) is -3.88. The summed E-state index contributed by atoms with van der Waals surface area (Å²) in [5.41, 5.74) is 0.750. The maximum atomic E-state index is 13.1. The molecular formula is C18H18O6S. The van der Waals surface area contributed by atoms with E-state index >= 15 is 0 Å². The molecule has 0 unspecified atom stereocenters. The fraction of sp³-hybridized carbons (Fsp3) is 0.222. The second kappa shape index (κ2) is 7.94. The van der Waals surface area contributed by atoms with Crippen molar-refractivity contribution >= 4 is 21.8 Å². The number of hydrogen-bond acceptors (Lipinski definition) is 6. The van der Waals surface area contributed by atoms with Gasteiger partial charge in [-0.25, -0.2) is 8.42 Å². The molecule has 0 N–H and O–H groups in total. The van der Waals surface area contributed by atoms with Gasteiger partial charge in [0.2, 0.25) is 9.84 Å². The van der Waals surface area contributed by atoms with Gasteiger partial charge in [-0.05, 0) is 12.1 Å². The molecule has 0 saturated heterocycles. The first-order chi connectivity index (χ1) is 11.8. The summed E-state index contributed by atoms with van der Waals surface area (Å²) in [6.07, 6.45) is 0. The highest BCUT2D eigenvalue weighted by molar-refractivity contribution is 7.91. The van der Waals surface area contributed by atoms with E-state index in [4.69, 9.17) is 9.47 Å². The van der Waals surface area contributed by atoms with Crippen LogP contribution in [0.4, 0.5) is 0 Å². The van der Waals surface area contributed by atoms with Crippen LogP contribution in [0.2, 0.25) is 0 Å². The SMILES string of the molecule is CC(=O)OCc1ccccc1S(=O)(=O)c1ccccc1COC(C)=O. The second-order valence-electron chi connectivity index (χ2n) is 5.28. The predicted octanol–water partition coefficient (Wildman–Crippen LogP) is 2.65. The van der Waals surface area contributed by atoms with Crippen molar-refractivity contribution < 1.29 is 27.5 Å². The summed E-state index contributed by atoms with van der Waals surface area (Å²) < 4.78 is 36.0. The summed E-state index contributed by atoms with van der Waals surface area (Å²) in [4.78, 5) is 22.2. The molecule has 0 fully saturated rings. The fourth-order valence-electron chi connectivity index (χ4n) is 2.25. The largest absolute Gasteiger partial charge is 0.461 e. The monoisotopic (exact) mass is 362 g/mol. The van der Waals surface area contributed by atoms with Crippen LogP contribution < -0.4 is 0 Å². The molecule has 132 valence electrons. The van der Waals surface area contributed by atoms with Gasteiger partial charge in [-0.3, -0.25) is 9.59 Å². The molecule has 0 heterocycles. The molecule has 0 radical (unpaired) electrons. The molecule has 7 heteroatoms. The lowest BCUT2D eigenvalue weighted by Crippen LogP contribution is -2.11. The Bertz CT molecular complexity index is 818. The standard InChI is InChI=1S/C18H18O6S/c1-13(19)23-11-15-7-3-5-9-17(15)25(21,22)18-10-6-4-8-16(18)12-24-14(2)20/h3-10H,11-12H2,1-2H3. The molecule has 0 aliphatic heterocycles. The molecule has 0 aliphatic carbocycles. The maximum absolute atomic E-state index is 13.1. The van der Waals surface area contributed by atoms with Crippen LogP contribution in [0.5, 0.6) is 0 Å². The predicted molar refractivity (Wildman–Crippen MR) is 89.3 cm³/mol. The van der Waals surface area contributed by atoms with E-state index in [0.717, 1.165) is 0 Å². The van der Waals surface area contributed by atoms with E-state index in [2.05, 4.69) is 0 Å². The van der Waals surface area contributed by atoms with Gasteiger partial charge in [0.15, 0.2) is 0 Å². The van der Waals surface area contributed by atoms with E-state index in [-0.39, 0.29) is 23.0 Å². The zero-order chi connectivity index (χ0) is 18.4. The summed E-state index contributed by atoms with van der Waals surface area (Å²) in [5, 5.41) is 0. The lowest BCUT2D eigenvalue weighted by molar-refractivity contribution is -0.143. The lowest BCUT2D eigenvalue weighted by atomic mass is 10.2. The minimum Gasteiger partial charge on any atom is -0.461 e. The molecule has 2 rings (SSSR count). The molecule has 0 atom stereocenters. The van der Waals surface area contributed by atoms with Gasteiger partial charge in [-0.1, -0.05) is 36.4 Å². The number of ether oxygens (including phenoxy) is 2. The number of sulfone groups is 1. The van der Waals surface area contributed by atoms with E-state index in [9.17, 15) is 18.0 Å². The van der Waals surface area contributed by atoms with Gasteiger partial charge in [-0.2, -0.15) is 0 Å². The molecule has 2 aromatic rings. The van der Waals surface area contributed by atoms with Gasteiger partial charge in [0, 0.05) is 25.0 Å². The highest BCUT2D eigenvalue weighted by Gasteiger charge is 2.24. The molecular weight excluding hydrogens is 344 g/mol. The number of carbonyl (C=O) groups is 2. The highest BCUT2D eigenvalue weighted by atomic mass is 32.2. The van der Waals surface area contributed by atoms with Crippen LogP contribution in [0.1, 0.15) is 25.0 Å². The van der Waals surface area contributed by atoms with Crippen molar-refractivity contribution in [1.29, 1.82) is 0 Å². The van der Waals surface area contributed by atoms with Gasteiger partial charge in [0.05, 0.1) is 9.79 Å². The van der Waals surface area contributed by atoms with E-state index in [0.29, 0.717) is 11.1 Å². The van der Waals surface area contributed by atoms with E-state index in [1.165, 1.54) is 26.0 Å². The van der Waals surface area contributed by atoms with Crippen LogP contribution in [-0.2, 0) is 42.1 Å². The van der Waals surface area contributed by atoms with Crippen LogP contribution in [-0.4, -0.2) is 20.4 Å². The fourth-order valence-corrected chi connectivity index (χ4v) is 3.94. The number of carbonyl (C=O) groups excluding carboxylic acids is 2. The Balaban J connectivity index is 2.46. The quantitative estimate of drug-likeness (QED) is 0.734. The maximum Gasteiger partial charge on any atom is 0.302 e. The zero-order valence-electron chi connectivity index (χ0n) is 13.9. The van der Waals surface area contributed by atoms with Crippen molar-refractivity contribution in [2.45, 2.75) is 36.9 Å². The normalized spacial score (nSPS) is 11.0. The number of rotatable bonds is 6. The summed E-state index contributed by atoms with van der Waals surface area (Å²) in [6.45, 7) is 2.23. The van der Waals surface area contributed by atoms with Crippen LogP contribution in [0, 0.1) is 0 Å². The van der Waals surface area contributed by atoms with Crippen LogP contribution in [0.3, 0.4) is 0 Å². The highest BCUT2D eigenvalue weighted by Crippen LogP contribution is 2.27. The van der Waals surface area contributed by atoms with Gasteiger partial charge in [0.1, 0.15) is 13.2 Å². The Morgan fingerprint density at radius 3 is 1.48 bits per heavy atom. The Labute approximate surface area is 146 Å². The smallest absolute Gasteiger partial charge is 0.302 e. The topological polar surface area (TPSA) is 86.7 Å². The molecule has 0 aliphatic rings. The third-order valence-electron chi connectivity index (χ3n) is 3.39. The molecule has 0 spiro atoms. The van der Waals surface area contributed by atoms with Gasteiger partial charge in [-0.15, -0.1) is 0 Å². The molecule has 6 nitrogen and oxygen atoms in total. The van der Waals surface area contributed by atoms with Gasteiger partial charge >= 0.3 is 11.9 Å². The number of benzene rings is 2. The van der Waals surface area contributed by atoms with Crippen LogP contribution in [0.15, 0.2) is 58.3 Å². The lowest BCUT2D eigenvalue weighted by Gasteiger charge is -2.13. The second-order valence-corrected chi connectivity index (χ2v) is 7.17. The first kappa shape index (κ1) is 18.7. The summed E-state index contributed by atoms with van der Waals surface area (Å²) in [5.74, 6) is -0.995. The van der Waals surface area contributed by atoms with Crippen molar-refractivity contribution in [3.63, 3.8) is 0 Å². The molecule has 0 aromatic heterocycles. The Morgan fingerprint density at radius 1 is 0.760 bits per heavy atom. The Kier molecular flexibility index (Phi) is 5.93. The third kappa shape index (κ3) is 4.67. The van der Waals surface area contributed by atoms with Crippen molar-refractivity contribution in [2.24, 2.45) is 0 Å². The summed E-state index contributed by atoms with van der Waals surface area (Å²) in [6, 6.07) is 12.6. The molecule has 0 amide bonds.